The summed E-state index contributed by atoms with van der Waals surface area (Å²) in [5.74, 6) is 4.21. The number of tetrazole rings is 3. The van der Waals surface area contributed by atoms with Crippen molar-refractivity contribution in [2.45, 2.75) is 206 Å². The first-order valence-electron chi connectivity index (χ1n) is 39.4. The summed E-state index contributed by atoms with van der Waals surface area (Å²) in [6, 6.07) is 32.1. The third kappa shape index (κ3) is 9.69. The molecule has 9 aromatic carbocycles. The minimum atomic E-state index is -0.659. The van der Waals surface area contributed by atoms with Crippen LogP contribution in [0.5, 0.6) is 34.5 Å². The van der Waals surface area contributed by atoms with Gasteiger partial charge in [-0.3, -0.25) is 0 Å². The zero-order chi connectivity index (χ0) is 81.3. The zero-order valence-electron chi connectivity index (χ0n) is 67.4. The fourth-order valence-electron chi connectivity index (χ4n) is 23.3. The van der Waals surface area contributed by atoms with Crippen LogP contribution in [-0.4, -0.2) is 76.1 Å². The van der Waals surface area contributed by atoms with Crippen LogP contribution in [0.3, 0.4) is 0 Å². The Balaban J connectivity index is 0.00000311. The Hall–Kier alpha value is -13.7. The maximum absolute atomic E-state index is 11.6. The summed E-state index contributed by atoms with van der Waals surface area (Å²) in [5, 5.41) is 79.9. The van der Waals surface area contributed by atoms with Gasteiger partial charge in [-0.1, -0.05) is 105 Å². The summed E-state index contributed by atoms with van der Waals surface area (Å²) in [6.07, 6.45) is 4.39. The molecule has 27 nitrogen and oxygen atoms in total. The molecule has 7 aliphatic rings. The average molecular weight is 1620 g/mol. The van der Waals surface area contributed by atoms with Gasteiger partial charge in [0, 0.05) is 16.2 Å². The molecule has 7 aromatic heterocycles. The summed E-state index contributed by atoms with van der Waals surface area (Å²) >= 11 is 0. The number of aromatic nitrogens is 12. The van der Waals surface area contributed by atoms with E-state index < -0.39 is 32.5 Å². The Morgan fingerprint density at radius 2 is 0.537 bits per heavy atom. The number of fused-ring (bicyclic) bond motifs is 22. The number of aromatic amines is 3. The molecule has 27 heteroatoms. The van der Waals surface area contributed by atoms with Crippen LogP contribution >= 0.6 is 0 Å². The van der Waals surface area contributed by atoms with Gasteiger partial charge in [0.25, 0.3) is 0 Å². The van der Waals surface area contributed by atoms with E-state index in [1.807, 2.05) is 38.1 Å². The number of nitriles is 3. The van der Waals surface area contributed by atoms with Crippen molar-refractivity contribution < 1.29 is 54.3 Å². The Labute approximate surface area is 692 Å². The number of hydrogen-bond acceptors (Lipinski definition) is 24. The van der Waals surface area contributed by atoms with E-state index in [1.54, 1.807) is 14.2 Å². The highest BCUT2D eigenvalue weighted by atomic mass is 16.6. The van der Waals surface area contributed by atoms with Gasteiger partial charge in [-0.15, -0.1) is 15.3 Å². The highest BCUT2D eigenvalue weighted by Crippen LogP contribution is 2.70. The van der Waals surface area contributed by atoms with Crippen molar-refractivity contribution >= 4 is 89.3 Å². The molecule has 0 amide bonds. The highest BCUT2D eigenvalue weighted by molar-refractivity contribution is 6.09. The zero-order valence-corrected chi connectivity index (χ0v) is 67.4. The van der Waals surface area contributed by atoms with Crippen molar-refractivity contribution in [2.75, 3.05) is 14.2 Å². The molecule has 1 aliphatic heterocycles. The van der Waals surface area contributed by atoms with Gasteiger partial charge in [0.15, 0.2) is 141 Å². The largest absolute Gasteiger partial charge is 0.493 e. The average Bonchev–Trinajstić information content (AvgIpc) is 1.53. The molecule has 0 radical (unpaired) electrons. The molecule has 3 spiro atoms. The second-order valence-electron chi connectivity index (χ2n) is 37.5. The van der Waals surface area contributed by atoms with Crippen molar-refractivity contribution in [2.24, 2.45) is 0 Å². The molecule has 3 atom stereocenters. The van der Waals surface area contributed by atoms with E-state index in [4.69, 9.17) is 54.3 Å². The lowest BCUT2D eigenvalue weighted by Gasteiger charge is -2.31. The summed E-state index contributed by atoms with van der Waals surface area (Å²) in [6.45, 7) is 31.0. The van der Waals surface area contributed by atoms with Crippen molar-refractivity contribution in [3.8, 4) is 86.9 Å². The molecule has 610 valence electrons. The van der Waals surface area contributed by atoms with Crippen LogP contribution < -0.4 is 18.9 Å². The normalized spacial score (nSPS) is 20.4. The molecule has 6 aliphatic carbocycles. The smallest absolute Gasteiger partial charge is 0.193 e. The number of nitrogens with zero attached hydrogens (tertiary/aromatic N) is 12. The first kappa shape index (κ1) is 76.0. The predicted octanol–water partition coefficient (Wildman–Crippen LogP) is 22.4. The lowest BCUT2D eigenvalue weighted by Crippen LogP contribution is -2.27. The van der Waals surface area contributed by atoms with E-state index in [0.717, 1.165) is 86.0 Å². The summed E-state index contributed by atoms with van der Waals surface area (Å²) < 4.78 is 82.3. The molecule has 0 unspecified atom stereocenters. The number of ether oxygens (including phenoxy) is 4. The lowest BCUT2D eigenvalue weighted by molar-refractivity contribution is 0.348. The van der Waals surface area contributed by atoms with Crippen molar-refractivity contribution in [3.63, 3.8) is 0 Å². The van der Waals surface area contributed by atoms with Crippen LogP contribution in [0.2, 0.25) is 0 Å². The third-order valence-corrected chi connectivity index (χ3v) is 27.7. The van der Waals surface area contributed by atoms with Crippen molar-refractivity contribution in [3.05, 3.63) is 167 Å². The molecule has 8 heterocycles. The van der Waals surface area contributed by atoms with Gasteiger partial charge in [-0.05, 0) is 267 Å². The second kappa shape index (κ2) is 24.3. The van der Waals surface area contributed by atoms with E-state index in [-0.39, 0.29) is 111 Å². The standard InChI is InChI=1S/C91H75N15O12.3CH4/c1-38-39(2)68(81-97-103-104-98-81)77-76(67(38)80-95-101-102-96-80)115-61-22-48-54(28-66(61)116-77)91(37-88(48,13)14)36-87(11,12)47-21-60-64(26-52(47)91)114-75-42(31-94)74-79(69(78(75)117-60)82-99-105-106-100-82)118-65-27-53-46(20-59(65)113-74)86(9,10)35-90(53)34-85(7,8)45-19-58-63(25-51(45)90)112-73-41(30-93)70-72(40(29-92)71(73)110-58)111-62-24-50-44(18-57(62)109-70)84(5,6)33-89(50)32-83(3,4)43-17-55(107-15)56(108-16)23-49(43)89;;;/h17-28H,32-37H2,1-16H3,(H,95,96,101,102)(H,97,98,103,104)(H,99,100,105,106);3*1H4/t89-,90-,91-;;;/m0.../s1. The first-order chi connectivity index (χ1) is 56.4. The van der Waals surface area contributed by atoms with Crippen molar-refractivity contribution in [1.82, 2.24) is 61.9 Å². The highest BCUT2D eigenvalue weighted by Gasteiger charge is 2.61. The monoisotopic (exact) mass is 1620 g/mol. The Morgan fingerprint density at radius 1 is 0.314 bits per heavy atom. The summed E-state index contributed by atoms with van der Waals surface area (Å²) in [5.41, 5.74) is 16.1. The molecule has 3 N–H and O–H groups in total. The molecular formula is C94H87N15O12. The van der Waals surface area contributed by atoms with E-state index in [1.165, 1.54) is 11.1 Å². The van der Waals surface area contributed by atoms with Gasteiger partial charge in [-0.25, -0.2) is 15.3 Å². The van der Waals surface area contributed by atoms with Gasteiger partial charge in [0.05, 0.1) is 25.3 Å². The van der Waals surface area contributed by atoms with Crippen LogP contribution in [0.25, 0.3) is 123 Å². The topological polar surface area (TPSA) is 377 Å². The Bertz CT molecular complexity index is 7580. The van der Waals surface area contributed by atoms with Gasteiger partial charge < -0.3 is 54.3 Å². The van der Waals surface area contributed by atoms with Crippen LogP contribution in [-0.2, 0) is 48.7 Å². The quantitative estimate of drug-likeness (QED) is 0.135. The summed E-state index contributed by atoms with van der Waals surface area (Å²) in [4.78, 5) is 0. The molecule has 0 saturated carbocycles. The van der Waals surface area contributed by atoms with E-state index in [2.05, 4.69) is 212 Å². The number of methoxy groups -OCH3 is 2. The van der Waals surface area contributed by atoms with Crippen LogP contribution in [0.1, 0.15) is 238 Å². The van der Waals surface area contributed by atoms with E-state index in [9.17, 15) is 15.8 Å². The van der Waals surface area contributed by atoms with Gasteiger partial charge in [0.2, 0.25) is 0 Å². The molecule has 0 fully saturated rings. The van der Waals surface area contributed by atoms with Gasteiger partial charge >= 0.3 is 0 Å². The number of hydrogen-bond donors (Lipinski definition) is 3. The number of benzene rings is 9. The fourth-order valence-corrected chi connectivity index (χ4v) is 23.3. The van der Waals surface area contributed by atoms with Crippen LogP contribution in [0.15, 0.2) is 108 Å². The van der Waals surface area contributed by atoms with Gasteiger partial charge in [-0.2, -0.15) is 15.8 Å². The number of H-pyrrole nitrogens is 3. The second-order valence-corrected chi connectivity index (χ2v) is 37.5. The van der Waals surface area contributed by atoms with E-state index in [0.29, 0.717) is 121 Å². The molecule has 0 bridgehead atoms. The van der Waals surface area contributed by atoms with Crippen LogP contribution in [0, 0.1) is 47.8 Å². The minimum absolute atomic E-state index is 0. The molecule has 0 saturated heterocycles. The third-order valence-electron chi connectivity index (χ3n) is 27.7. The molecule has 121 heavy (non-hydrogen) atoms. The SMILES string of the molecule is C.C.C.COc1cc2c(cc1OC)[C@]1(CC2(C)C)CC(C)(C)c2cc3oc4c(C#N)c5oc6cc7c(cc6oc5c(C#N)c4oc3cc21)C(C)(C)C[C@]71CC(C)(C)c2cc3oc4c(C#N)c5oc6cc7c(cc6oc5c(-c5nnn[nH]5)c4oc3cc21)C(C)(C)C[C@]71CC(C)(C)c2cc3c(cc21)Oc1c(c(-c2nnn[nH]2)c(C)c(C)c1-c1nnn[nH]1)O3. The maximum atomic E-state index is 11.6. The molecular weight excluding hydrogens is 1530 g/mol. The number of rotatable bonds is 5. The number of nitrogens with one attached hydrogen (secondary N) is 3. The summed E-state index contributed by atoms with van der Waals surface area (Å²) in [7, 11) is 3.33. The van der Waals surface area contributed by atoms with Crippen LogP contribution in [0.4, 0.5) is 0 Å². The van der Waals surface area contributed by atoms with Crippen molar-refractivity contribution in [1.29, 1.82) is 15.8 Å². The minimum Gasteiger partial charge on any atom is -0.493 e. The molecule has 23 rings (SSSR count). The molecule has 16 aromatic rings. The Kier molecular flexibility index (Phi) is 15.2. The lowest BCUT2D eigenvalue weighted by atomic mass is 9.72. The maximum Gasteiger partial charge on any atom is 0.193 e. The Morgan fingerprint density at radius 3 is 0.810 bits per heavy atom. The fraction of sp³-hybridized carbons (Fsp3) is 0.362. The first-order valence-corrected chi connectivity index (χ1v) is 39.4. The van der Waals surface area contributed by atoms with Gasteiger partial charge in [0.1, 0.15) is 40.5 Å². The predicted molar refractivity (Wildman–Crippen MR) is 450 cm³/mol. The van der Waals surface area contributed by atoms with E-state index >= 15 is 0 Å².